The van der Waals surface area contributed by atoms with Crippen molar-refractivity contribution in [1.82, 2.24) is 5.01 Å². The molecule has 1 aromatic carbocycles. The van der Waals surface area contributed by atoms with Gasteiger partial charge in [-0.25, -0.2) is 0 Å². The average Bonchev–Trinajstić information content (AvgIpc) is 2.59. The van der Waals surface area contributed by atoms with Crippen molar-refractivity contribution >= 4 is 40.4 Å². The standard InChI is InChI=1S/C11H10N2OS2/c1-8-2-4-9(5-3-8)6-12-13-10(14)7-16-11(13)15/h2-6H,7H2,1H3. The summed E-state index contributed by atoms with van der Waals surface area (Å²) < 4.78 is 0.522. The molecule has 0 radical (unpaired) electrons. The van der Waals surface area contributed by atoms with Crippen LogP contribution >= 0.6 is 24.0 Å². The Bertz CT molecular complexity index is 438. The van der Waals surface area contributed by atoms with Crippen molar-refractivity contribution in [3.05, 3.63) is 35.4 Å². The molecule has 2 rings (SSSR count). The lowest BCUT2D eigenvalue weighted by Crippen LogP contribution is -2.22. The highest BCUT2D eigenvalue weighted by molar-refractivity contribution is 8.23. The molecule has 1 amide bonds. The summed E-state index contributed by atoms with van der Waals surface area (Å²) in [5.74, 6) is 0.336. The molecule has 5 heteroatoms. The third-order valence-corrected chi connectivity index (χ3v) is 3.47. The number of carbonyl (C=O) groups is 1. The van der Waals surface area contributed by atoms with Gasteiger partial charge in [-0.15, -0.1) is 0 Å². The second-order valence-electron chi connectivity index (χ2n) is 3.42. The Morgan fingerprint density at radius 3 is 2.69 bits per heavy atom. The van der Waals surface area contributed by atoms with Gasteiger partial charge in [0.25, 0.3) is 5.91 Å². The van der Waals surface area contributed by atoms with Crippen molar-refractivity contribution in [1.29, 1.82) is 0 Å². The molecule has 0 N–H and O–H groups in total. The Balaban J connectivity index is 2.12. The van der Waals surface area contributed by atoms with Gasteiger partial charge in [0.05, 0.1) is 12.0 Å². The minimum Gasteiger partial charge on any atom is -0.272 e. The molecule has 1 aliphatic rings. The maximum atomic E-state index is 11.4. The van der Waals surface area contributed by atoms with Gasteiger partial charge in [0, 0.05) is 0 Å². The number of hydrogen-bond donors (Lipinski definition) is 0. The first-order chi connectivity index (χ1) is 7.66. The zero-order valence-corrected chi connectivity index (χ0v) is 10.3. The predicted molar refractivity (Wildman–Crippen MR) is 70.7 cm³/mol. The van der Waals surface area contributed by atoms with Crippen molar-refractivity contribution in [3.8, 4) is 0 Å². The predicted octanol–water partition coefficient (Wildman–Crippen LogP) is 2.19. The molecule has 0 bridgehead atoms. The smallest absolute Gasteiger partial charge is 0.259 e. The van der Waals surface area contributed by atoms with Crippen molar-refractivity contribution in [2.24, 2.45) is 5.10 Å². The van der Waals surface area contributed by atoms with Crippen molar-refractivity contribution in [3.63, 3.8) is 0 Å². The molecule has 1 saturated heterocycles. The molecule has 1 aromatic rings. The summed E-state index contributed by atoms with van der Waals surface area (Å²) in [6, 6.07) is 7.91. The van der Waals surface area contributed by atoms with Crippen LogP contribution in [0.1, 0.15) is 11.1 Å². The first kappa shape index (κ1) is 11.3. The average molecular weight is 250 g/mol. The monoisotopic (exact) mass is 250 g/mol. The van der Waals surface area contributed by atoms with E-state index in [4.69, 9.17) is 12.2 Å². The molecule has 0 aromatic heterocycles. The largest absolute Gasteiger partial charge is 0.272 e. The van der Waals surface area contributed by atoms with Crippen LogP contribution in [0.5, 0.6) is 0 Å². The van der Waals surface area contributed by atoms with Crippen LogP contribution in [0.25, 0.3) is 0 Å². The van der Waals surface area contributed by atoms with Gasteiger partial charge in [-0.1, -0.05) is 53.8 Å². The van der Waals surface area contributed by atoms with Crippen LogP contribution < -0.4 is 0 Å². The third kappa shape index (κ3) is 2.48. The fourth-order valence-corrected chi connectivity index (χ4v) is 2.20. The molecule has 1 fully saturated rings. The highest BCUT2D eigenvalue weighted by Crippen LogP contribution is 2.19. The van der Waals surface area contributed by atoms with Crippen LogP contribution in [0.3, 0.4) is 0 Å². The lowest BCUT2D eigenvalue weighted by atomic mass is 10.2. The van der Waals surface area contributed by atoms with Gasteiger partial charge in [-0.05, 0) is 12.5 Å². The van der Waals surface area contributed by atoms with Crippen molar-refractivity contribution in [2.45, 2.75) is 6.92 Å². The second kappa shape index (κ2) is 4.76. The van der Waals surface area contributed by atoms with Crippen LogP contribution in [0.4, 0.5) is 0 Å². The van der Waals surface area contributed by atoms with Gasteiger partial charge in [0.15, 0.2) is 4.32 Å². The number of benzene rings is 1. The van der Waals surface area contributed by atoms with E-state index in [1.54, 1.807) is 6.21 Å². The van der Waals surface area contributed by atoms with E-state index in [9.17, 15) is 4.79 Å². The summed E-state index contributed by atoms with van der Waals surface area (Å²) in [7, 11) is 0. The highest BCUT2D eigenvalue weighted by Gasteiger charge is 2.25. The molecule has 0 atom stereocenters. The number of carbonyl (C=O) groups excluding carboxylic acids is 1. The molecule has 16 heavy (non-hydrogen) atoms. The molecule has 1 aliphatic heterocycles. The number of rotatable bonds is 2. The van der Waals surface area contributed by atoms with E-state index >= 15 is 0 Å². The van der Waals surface area contributed by atoms with Gasteiger partial charge in [0.2, 0.25) is 0 Å². The molecule has 0 unspecified atom stereocenters. The van der Waals surface area contributed by atoms with Crippen LogP contribution in [-0.2, 0) is 4.79 Å². The van der Waals surface area contributed by atoms with Crippen molar-refractivity contribution in [2.75, 3.05) is 5.75 Å². The van der Waals surface area contributed by atoms with Crippen LogP contribution in [0.15, 0.2) is 29.4 Å². The van der Waals surface area contributed by atoms with Crippen LogP contribution in [0, 0.1) is 6.92 Å². The Morgan fingerprint density at radius 2 is 2.12 bits per heavy atom. The topological polar surface area (TPSA) is 32.7 Å². The molecule has 0 aliphatic carbocycles. The summed E-state index contributed by atoms with van der Waals surface area (Å²) in [6.07, 6.45) is 1.65. The van der Waals surface area contributed by atoms with Crippen LogP contribution in [0.2, 0.25) is 0 Å². The van der Waals surface area contributed by atoms with Crippen LogP contribution in [-0.4, -0.2) is 27.2 Å². The number of thiocarbonyl (C=S) groups is 1. The maximum absolute atomic E-state index is 11.4. The molecule has 0 saturated carbocycles. The van der Waals surface area contributed by atoms with E-state index in [0.717, 1.165) is 5.56 Å². The summed E-state index contributed by atoms with van der Waals surface area (Å²) in [6.45, 7) is 2.02. The Morgan fingerprint density at radius 1 is 1.44 bits per heavy atom. The summed E-state index contributed by atoms with van der Waals surface area (Å²) in [5, 5.41) is 5.36. The fraction of sp³-hybridized carbons (Fsp3) is 0.182. The summed E-state index contributed by atoms with van der Waals surface area (Å²) >= 11 is 6.35. The molecule has 0 spiro atoms. The third-order valence-electron chi connectivity index (χ3n) is 2.13. The van der Waals surface area contributed by atoms with Gasteiger partial charge in [0.1, 0.15) is 0 Å². The number of aryl methyl sites for hydroxylation is 1. The number of nitrogens with zero attached hydrogens (tertiary/aromatic N) is 2. The molecular formula is C11H10N2OS2. The zero-order chi connectivity index (χ0) is 11.5. The Kier molecular flexibility index (Phi) is 3.36. The normalized spacial score (nSPS) is 16.4. The zero-order valence-electron chi connectivity index (χ0n) is 8.71. The Labute approximate surface area is 104 Å². The van der Waals surface area contributed by atoms with E-state index in [-0.39, 0.29) is 5.91 Å². The van der Waals surface area contributed by atoms with Gasteiger partial charge in [-0.3, -0.25) is 4.79 Å². The molecule has 3 nitrogen and oxygen atoms in total. The van der Waals surface area contributed by atoms with E-state index in [1.807, 2.05) is 31.2 Å². The van der Waals surface area contributed by atoms with E-state index in [0.29, 0.717) is 10.1 Å². The maximum Gasteiger partial charge on any atom is 0.259 e. The summed E-state index contributed by atoms with van der Waals surface area (Å²) in [4.78, 5) is 11.4. The van der Waals surface area contributed by atoms with Gasteiger partial charge < -0.3 is 0 Å². The SMILES string of the molecule is Cc1ccc(C=NN2C(=O)CSC2=S)cc1. The highest BCUT2D eigenvalue weighted by atomic mass is 32.2. The minimum atomic E-state index is -0.0571. The lowest BCUT2D eigenvalue weighted by molar-refractivity contribution is -0.123. The molecule has 1 heterocycles. The minimum absolute atomic E-state index is 0.0571. The lowest BCUT2D eigenvalue weighted by Gasteiger charge is -2.06. The molecular weight excluding hydrogens is 240 g/mol. The van der Waals surface area contributed by atoms with Crippen molar-refractivity contribution < 1.29 is 4.79 Å². The van der Waals surface area contributed by atoms with Gasteiger partial charge in [-0.2, -0.15) is 10.1 Å². The Hall–Kier alpha value is -1.20. The summed E-state index contributed by atoms with van der Waals surface area (Å²) in [5.41, 5.74) is 2.15. The number of thioether (sulfide) groups is 1. The number of amides is 1. The van der Waals surface area contributed by atoms with E-state index < -0.39 is 0 Å². The first-order valence-electron chi connectivity index (χ1n) is 4.77. The number of hydrogen-bond acceptors (Lipinski definition) is 4. The fourth-order valence-electron chi connectivity index (χ4n) is 1.24. The molecule has 82 valence electrons. The quantitative estimate of drug-likeness (QED) is 0.596. The van der Waals surface area contributed by atoms with Gasteiger partial charge >= 0.3 is 0 Å². The first-order valence-corrected chi connectivity index (χ1v) is 6.16. The van der Waals surface area contributed by atoms with E-state index in [2.05, 4.69) is 5.10 Å². The van der Waals surface area contributed by atoms with E-state index in [1.165, 1.54) is 22.3 Å². The number of hydrazone groups is 1. The second-order valence-corrected chi connectivity index (χ2v) is 5.02.